The van der Waals surface area contributed by atoms with Crippen LogP contribution in [-0.2, 0) is 0 Å². The van der Waals surface area contributed by atoms with Gasteiger partial charge in [0.15, 0.2) is 5.15 Å². The van der Waals surface area contributed by atoms with Crippen molar-refractivity contribution in [2.45, 2.75) is 13.0 Å². The van der Waals surface area contributed by atoms with Crippen molar-refractivity contribution in [1.29, 1.82) is 0 Å². The van der Waals surface area contributed by atoms with Gasteiger partial charge in [-0.05, 0) is 26.1 Å². The van der Waals surface area contributed by atoms with Gasteiger partial charge in [-0.3, -0.25) is 4.40 Å². The van der Waals surface area contributed by atoms with E-state index in [-0.39, 0.29) is 11.8 Å². The minimum absolute atomic E-state index is 0.0757. The van der Waals surface area contributed by atoms with E-state index < -0.39 is 0 Å². The Balaban J connectivity index is 2.73. The Bertz CT molecular complexity index is 495. The Morgan fingerprint density at radius 2 is 2.33 bits per heavy atom. The molecular weight excluding hydrogens is 214 g/mol. The van der Waals surface area contributed by atoms with Gasteiger partial charge in [0.05, 0.1) is 6.04 Å². The van der Waals surface area contributed by atoms with Crippen molar-refractivity contribution in [1.82, 2.24) is 14.7 Å². The van der Waals surface area contributed by atoms with E-state index in [1.165, 1.54) is 0 Å². The first-order valence-corrected chi connectivity index (χ1v) is 5.05. The smallest absolute Gasteiger partial charge is 0.159 e. The van der Waals surface area contributed by atoms with Crippen LogP contribution in [-0.4, -0.2) is 21.5 Å². The Morgan fingerprint density at radius 3 is 3.00 bits per heavy atom. The second-order valence-electron chi connectivity index (χ2n) is 3.38. The highest BCUT2D eigenvalue weighted by Crippen LogP contribution is 2.28. The van der Waals surface area contributed by atoms with Crippen molar-refractivity contribution < 1.29 is 5.11 Å². The lowest BCUT2D eigenvalue weighted by atomic mass is 10.3. The van der Waals surface area contributed by atoms with E-state index in [4.69, 9.17) is 11.6 Å². The maximum Gasteiger partial charge on any atom is 0.159 e. The van der Waals surface area contributed by atoms with Crippen LogP contribution in [0.25, 0.3) is 5.52 Å². The molecular formula is C10H12ClN3O. The lowest BCUT2D eigenvalue weighted by Crippen LogP contribution is -2.15. The summed E-state index contributed by atoms with van der Waals surface area (Å²) in [6.45, 7) is 1.98. The second-order valence-corrected chi connectivity index (χ2v) is 3.74. The molecule has 5 heteroatoms. The molecule has 0 aliphatic heterocycles. The summed E-state index contributed by atoms with van der Waals surface area (Å²) < 4.78 is 1.79. The number of halogens is 1. The highest BCUT2D eigenvalue weighted by Gasteiger charge is 2.15. The van der Waals surface area contributed by atoms with E-state index in [0.29, 0.717) is 10.7 Å². The number of nitrogens with zero attached hydrogens (tertiary/aromatic N) is 2. The van der Waals surface area contributed by atoms with E-state index in [1.807, 2.05) is 20.2 Å². The van der Waals surface area contributed by atoms with Crippen LogP contribution in [0.4, 0.5) is 0 Å². The quantitative estimate of drug-likeness (QED) is 0.822. The molecule has 0 aromatic carbocycles. The average molecular weight is 226 g/mol. The molecule has 15 heavy (non-hydrogen) atoms. The molecule has 0 radical (unpaired) electrons. The van der Waals surface area contributed by atoms with E-state index >= 15 is 0 Å². The molecule has 0 aliphatic carbocycles. The number of hydrogen-bond acceptors (Lipinski definition) is 3. The molecule has 2 heterocycles. The minimum atomic E-state index is 0.0757. The van der Waals surface area contributed by atoms with Crippen LogP contribution in [0.1, 0.15) is 18.8 Å². The molecule has 0 saturated carbocycles. The van der Waals surface area contributed by atoms with Gasteiger partial charge < -0.3 is 10.4 Å². The number of rotatable bonds is 2. The molecule has 0 amide bonds. The molecule has 1 unspecified atom stereocenters. The van der Waals surface area contributed by atoms with Gasteiger partial charge in [-0.25, -0.2) is 4.98 Å². The lowest BCUT2D eigenvalue weighted by molar-refractivity contribution is 0.478. The van der Waals surface area contributed by atoms with Gasteiger partial charge in [-0.1, -0.05) is 11.6 Å². The summed E-state index contributed by atoms with van der Waals surface area (Å²) in [5.74, 6) is 0.929. The Kier molecular flexibility index (Phi) is 2.54. The molecule has 80 valence electrons. The minimum Gasteiger partial charge on any atom is -0.506 e. The van der Waals surface area contributed by atoms with Gasteiger partial charge >= 0.3 is 0 Å². The first-order chi connectivity index (χ1) is 7.15. The number of imidazole rings is 1. The summed E-state index contributed by atoms with van der Waals surface area (Å²) in [7, 11) is 1.85. The van der Waals surface area contributed by atoms with Crippen molar-refractivity contribution in [2.75, 3.05) is 7.05 Å². The number of aromatic hydroxyl groups is 1. The fraction of sp³-hybridized carbons (Fsp3) is 0.300. The number of pyridine rings is 1. The summed E-state index contributed by atoms with van der Waals surface area (Å²) in [5, 5.41) is 13.1. The van der Waals surface area contributed by atoms with Crippen molar-refractivity contribution in [3.05, 3.63) is 29.3 Å². The monoisotopic (exact) mass is 225 g/mol. The highest BCUT2D eigenvalue weighted by molar-refractivity contribution is 6.33. The molecule has 2 aromatic rings. The van der Waals surface area contributed by atoms with Crippen molar-refractivity contribution in [3.8, 4) is 5.75 Å². The predicted molar refractivity (Wildman–Crippen MR) is 59.3 cm³/mol. The predicted octanol–water partition coefficient (Wildman–Crippen LogP) is 1.97. The first-order valence-electron chi connectivity index (χ1n) is 4.68. The highest BCUT2D eigenvalue weighted by atomic mass is 35.5. The van der Waals surface area contributed by atoms with Crippen molar-refractivity contribution in [3.63, 3.8) is 0 Å². The Hall–Kier alpha value is -1.26. The molecule has 2 N–H and O–H groups in total. The number of aromatic nitrogens is 2. The average Bonchev–Trinajstić information content (AvgIpc) is 2.56. The summed E-state index contributed by atoms with van der Waals surface area (Å²) in [6, 6.07) is 3.43. The van der Waals surface area contributed by atoms with Gasteiger partial charge in [0.1, 0.15) is 17.1 Å². The van der Waals surface area contributed by atoms with Crippen LogP contribution in [0.15, 0.2) is 18.3 Å². The van der Waals surface area contributed by atoms with Gasteiger partial charge in [-0.2, -0.15) is 0 Å². The first kappa shape index (κ1) is 10.3. The third-order valence-corrected chi connectivity index (χ3v) is 2.71. The summed E-state index contributed by atoms with van der Waals surface area (Å²) in [6.07, 6.45) is 1.83. The van der Waals surface area contributed by atoms with Crippen LogP contribution < -0.4 is 5.32 Å². The normalized spacial score (nSPS) is 13.3. The topological polar surface area (TPSA) is 49.6 Å². The molecule has 0 bridgehead atoms. The van der Waals surface area contributed by atoms with Gasteiger partial charge in [0.25, 0.3) is 0 Å². The van der Waals surface area contributed by atoms with Crippen LogP contribution in [0.5, 0.6) is 5.75 Å². The zero-order valence-electron chi connectivity index (χ0n) is 8.53. The van der Waals surface area contributed by atoms with E-state index in [1.54, 1.807) is 16.5 Å². The molecule has 4 nitrogen and oxygen atoms in total. The number of hydrogen-bond donors (Lipinski definition) is 2. The third-order valence-electron chi connectivity index (χ3n) is 2.45. The Labute approximate surface area is 92.5 Å². The van der Waals surface area contributed by atoms with Crippen LogP contribution in [0.3, 0.4) is 0 Å². The lowest BCUT2D eigenvalue weighted by Gasteiger charge is -2.08. The van der Waals surface area contributed by atoms with E-state index in [2.05, 4.69) is 10.3 Å². The van der Waals surface area contributed by atoms with Crippen molar-refractivity contribution >= 4 is 17.1 Å². The van der Waals surface area contributed by atoms with Crippen molar-refractivity contribution in [2.24, 2.45) is 0 Å². The second kappa shape index (κ2) is 3.72. The zero-order chi connectivity index (χ0) is 11.0. The molecule has 0 spiro atoms. The van der Waals surface area contributed by atoms with E-state index in [9.17, 15) is 5.11 Å². The summed E-state index contributed by atoms with van der Waals surface area (Å²) >= 11 is 5.96. The van der Waals surface area contributed by atoms with E-state index in [0.717, 1.165) is 5.82 Å². The van der Waals surface area contributed by atoms with Crippen LogP contribution in [0, 0.1) is 0 Å². The van der Waals surface area contributed by atoms with Crippen LogP contribution in [0.2, 0.25) is 5.15 Å². The molecule has 0 aliphatic rings. The van der Waals surface area contributed by atoms with Crippen LogP contribution >= 0.6 is 11.6 Å². The maximum atomic E-state index is 9.65. The Morgan fingerprint density at radius 1 is 1.60 bits per heavy atom. The zero-order valence-corrected chi connectivity index (χ0v) is 9.28. The molecule has 2 rings (SSSR count). The number of nitrogens with one attached hydrogen (secondary N) is 1. The standard InChI is InChI=1S/C10H12ClN3O/c1-6(12-2)10-13-9(11)8-7(15)4-3-5-14(8)10/h3-6,12,15H,1-2H3. The third kappa shape index (κ3) is 1.56. The molecule has 2 aromatic heterocycles. The fourth-order valence-corrected chi connectivity index (χ4v) is 1.81. The summed E-state index contributed by atoms with van der Waals surface area (Å²) in [5.41, 5.74) is 0.552. The summed E-state index contributed by atoms with van der Waals surface area (Å²) in [4.78, 5) is 4.23. The molecule has 1 atom stereocenters. The van der Waals surface area contributed by atoms with Gasteiger partial charge in [0.2, 0.25) is 0 Å². The largest absolute Gasteiger partial charge is 0.506 e. The SMILES string of the molecule is CNC(C)c1nc(Cl)c2c(O)cccn12. The van der Waals surface area contributed by atoms with Gasteiger partial charge in [-0.15, -0.1) is 0 Å². The molecule has 0 saturated heterocycles. The molecule has 0 fully saturated rings. The fourth-order valence-electron chi connectivity index (χ4n) is 1.54. The number of fused-ring (bicyclic) bond motifs is 1. The van der Waals surface area contributed by atoms with Gasteiger partial charge in [0, 0.05) is 6.20 Å². The maximum absolute atomic E-state index is 9.65.